The van der Waals surface area contributed by atoms with Crippen molar-refractivity contribution in [3.05, 3.63) is 287 Å². The quantitative estimate of drug-likeness (QED) is 0.161. The van der Waals surface area contributed by atoms with Gasteiger partial charge in [0.2, 0.25) is 0 Å². The van der Waals surface area contributed by atoms with Crippen LogP contribution in [0.25, 0.3) is 0 Å². The summed E-state index contributed by atoms with van der Waals surface area (Å²) in [6.07, 6.45) is 4.03. The summed E-state index contributed by atoms with van der Waals surface area (Å²) in [5.74, 6) is 1.61. The molecule has 2 aliphatic heterocycles. The molecule has 0 saturated heterocycles. The van der Waals surface area contributed by atoms with Gasteiger partial charge in [-0.1, -0.05) is 302 Å². The summed E-state index contributed by atoms with van der Waals surface area (Å²) >= 11 is 0. The first-order valence-electron chi connectivity index (χ1n) is 29.5. The fourth-order valence-corrected chi connectivity index (χ4v) is 12.2. The Morgan fingerprint density at radius 2 is 0.614 bits per heavy atom. The van der Waals surface area contributed by atoms with Crippen LogP contribution in [0.3, 0.4) is 0 Å². The van der Waals surface area contributed by atoms with Crippen LogP contribution in [0.2, 0.25) is 0 Å². The van der Waals surface area contributed by atoms with Gasteiger partial charge in [-0.2, -0.15) is 0 Å². The summed E-state index contributed by atoms with van der Waals surface area (Å²) in [6, 6.07) is 69.5. The maximum absolute atomic E-state index is 6.82. The van der Waals surface area contributed by atoms with E-state index < -0.39 is 5.79 Å². The summed E-state index contributed by atoms with van der Waals surface area (Å²) in [5.41, 5.74) is 19.9. The number of hydrogen-bond acceptors (Lipinski definition) is 2. The predicted molar refractivity (Wildman–Crippen MR) is 365 cm³/mol. The molecule has 0 bridgehead atoms. The van der Waals surface area contributed by atoms with Gasteiger partial charge in [-0.05, 0) is 122 Å². The zero-order chi connectivity index (χ0) is 57.3. The molecule has 2 unspecified atom stereocenters. The molecule has 0 fully saturated rings. The molecule has 2 spiro atoms. The van der Waals surface area contributed by atoms with Gasteiger partial charge in [0, 0.05) is 73.9 Å². The number of benzene rings is 8. The molecule has 8 aromatic rings. The van der Waals surface area contributed by atoms with Crippen molar-refractivity contribution >= 4 is 0 Å². The molecule has 3 heteroatoms. The van der Waals surface area contributed by atoms with Crippen molar-refractivity contribution in [2.24, 2.45) is 0 Å². The minimum absolute atomic E-state index is 0. The minimum Gasteiger partial charge on any atom is -0.452 e. The molecule has 12 rings (SSSR count). The van der Waals surface area contributed by atoms with Gasteiger partial charge in [-0.25, -0.2) is 0 Å². The summed E-state index contributed by atoms with van der Waals surface area (Å²) in [5, 5.41) is 0. The number of aryl methyl sites for hydroxylation is 6. The SMILES string of the molecule is C.C.CC.CC.CC.CC.Cc1ccc2c(c1)C1(CC2(C)C)CC(C)(C)c2ccc(C)cc21.Cc1ccc2c(c1)OC1(CC2c2ccccc2)CC(c2ccccc2)c2ccc(C)cc2O1.Cc1ccccc1.Cc1ccccc1.[CH3-].[CH3-].[Y]. The van der Waals surface area contributed by atoms with Crippen LogP contribution < -0.4 is 9.47 Å². The molecule has 447 valence electrons. The van der Waals surface area contributed by atoms with Gasteiger partial charge in [0.05, 0.1) is 0 Å². The second kappa shape index (κ2) is 35.7. The van der Waals surface area contributed by atoms with E-state index in [1.165, 1.54) is 68.5 Å². The summed E-state index contributed by atoms with van der Waals surface area (Å²) < 4.78 is 13.6. The molecule has 1 radical (unpaired) electrons. The zero-order valence-corrected chi connectivity index (χ0v) is 56.7. The molecule has 8 aromatic carbocycles. The smallest absolute Gasteiger partial charge is 0.253 e. The third kappa shape index (κ3) is 18.7. The summed E-state index contributed by atoms with van der Waals surface area (Å²) in [6.45, 7) is 38.6. The topological polar surface area (TPSA) is 18.5 Å². The largest absolute Gasteiger partial charge is 0.452 e. The molecule has 0 saturated carbocycles. The molecule has 2 heterocycles. The van der Waals surface area contributed by atoms with Crippen LogP contribution >= 0.6 is 0 Å². The van der Waals surface area contributed by atoms with E-state index in [-0.39, 0.29) is 90.5 Å². The van der Waals surface area contributed by atoms with Gasteiger partial charge in [-0.15, -0.1) is 0 Å². The first kappa shape index (κ1) is 77.5. The van der Waals surface area contributed by atoms with Gasteiger partial charge in [0.25, 0.3) is 5.79 Å². The molecule has 83 heavy (non-hydrogen) atoms. The fourth-order valence-electron chi connectivity index (χ4n) is 12.2. The Hall–Kier alpha value is -5.54. The maximum atomic E-state index is 6.82. The molecular weight excluding hydrogens is 1080 g/mol. The monoisotopic (exact) mass is 1190 g/mol. The van der Waals surface area contributed by atoms with E-state index in [1.54, 1.807) is 22.3 Å². The van der Waals surface area contributed by atoms with Gasteiger partial charge in [0.15, 0.2) is 0 Å². The van der Waals surface area contributed by atoms with Crippen molar-refractivity contribution in [3.8, 4) is 11.5 Å². The van der Waals surface area contributed by atoms with Gasteiger partial charge in [-0.3, -0.25) is 0 Å². The van der Waals surface area contributed by atoms with E-state index in [2.05, 4.69) is 227 Å². The van der Waals surface area contributed by atoms with Crippen molar-refractivity contribution in [1.82, 2.24) is 0 Å². The van der Waals surface area contributed by atoms with Crippen LogP contribution in [0.5, 0.6) is 11.5 Å². The third-order valence-corrected chi connectivity index (χ3v) is 15.3. The van der Waals surface area contributed by atoms with E-state index in [4.69, 9.17) is 9.47 Å². The van der Waals surface area contributed by atoms with Crippen LogP contribution in [-0.4, -0.2) is 5.79 Å². The number of rotatable bonds is 2. The average molecular weight is 1190 g/mol. The van der Waals surface area contributed by atoms with E-state index in [0.717, 1.165) is 24.3 Å². The average Bonchev–Trinajstić information content (AvgIpc) is 3.84. The van der Waals surface area contributed by atoms with Crippen LogP contribution in [0.1, 0.15) is 213 Å². The van der Waals surface area contributed by atoms with E-state index >= 15 is 0 Å². The fraction of sp³-hybridized carbons (Fsp3) is 0.375. The summed E-state index contributed by atoms with van der Waals surface area (Å²) in [7, 11) is 0. The number of fused-ring (bicyclic) bond motifs is 6. The molecule has 2 aliphatic carbocycles. The van der Waals surface area contributed by atoms with Crippen LogP contribution in [-0.2, 0) is 49.0 Å². The molecule has 4 aliphatic rings. The first-order valence-corrected chi connectivity index (χ1v) is 29.5. The zero-order valence-electron chi connectivity index (χ0n) is 53.9. The Kier molecular flexibility index (Phi) is 33.3. The van der Waals surface area contributed by atoms with E-state index in [1.807, 2.05) is 91.8 Å². The molecule has 0 amide bonds. The standard InChI is InChI=1S/C31H28O2.C23H28.2C7H8.4C2H6.2CH4.2CH3.Y/c1-21-13-15-25-27(23-9-5-3-6-10-23)19-31(32-29(25)17-21)20-28(24-11-7-4-8-12-24)26-16-14-22(2)18-30(26)33-31;1-15-7-9-17-19(11-15)23(13-21(17,3)4)14-22(5,6)18-10-8-16(2)12-20(18)23;2*1-7-5-3-2-4-6-7;4*1-2;;;;;/h3-18,27-28H,19-20H2,1-2H3;7-12H,13-14H2,1-6H3;2*2-6H,1H3;4*1-2H3;2*1H4;2*1H3;/q;;;;;;;;;;2*-1;. The molecule has 2 atom stereocenters. The Balaban J connectivity index is 0.00000117. The van der Waals surface area contributed by atoms with Gasteiger partial charge >= 0.3 is 0 Å². The maximum Gasteiger partial charge on any atom is 0.253 e. The Morgan fingerprint density at radius 3 is 0.904 bits per heavy atom. The van der Waals surface area contributed by atoms with Gasteiger partial charge in [0.1, 0.15) is 11.5 Å². The minimum atomic E-state index is -0.720. The van der Waals surface area contributed by atoms with Crippen molar-refractivity contribution < 1.29 is 42.2 Å². The predicted octanol–water partition coefficient (Wildman–Crippen LogP) is 23.7. The Morgan fingerprint density at radius 1 is 0.337 bits per heavy atom. The Labute approximate surface area is 535 Å². The number of hydrogen-bond donors (Lipinski definition) is 0. The second-order valence-corrected chi connectivity index (χ2v) is 22.1. The van der Waals surface area contributed by atoms with Crippen LogP contribution in [0.4, 0.5) is 0 Å². The third-order valence-electron chi connectivity index (χ3n) is 15.3. The van der Waals surface area contributed by atoms with Crippen molar-refractivity contribution in [1.29, 1.82) is 0 Å². The van der Waals surface area contributed by atoms with E-state index in [9.17, 15) is 0 Å². The van der Waals surface area contributed by atoms with Crippen molar-refractivity contribution in [2.45, 2.75) is 199 Å². The molecule has 0 aromatic heterocycles. The second-order valence-electron chi connectivity index (χ2n) is 22.1. The normalized spacial score (nSPS) is 17.1. The molecule has 2 nitrogen and oxygen atoms in total. The van der Waals surface area contributed by atoms with E-state index in [0.29, 0.717) is 0 Å². The molecule has 0 N–H and O–H groups in total. The number of ether oxygens (including phenoxy) is 2. The van der Waals surface area contributed by atoms with Crippen LogP contribution in [0.15, 0.2) is 194 Å². The molecular formula is C80H110O2Y-2. The van der Waals surface area contributed by atoms with Gasteiger partial charge < -0.3 is 24.3 Å². The van der Waals surface area contributed by atoms with Crippen LogP contribution in [0, 0.1) is 56.4 Å². The first-order chi connectivity index (χ1) is 37.5. The van der Waals surface area contributed by atoms with Crippen molar-refractivity contribution in [3.63, 3.8) is 0 Å². The summed E-state index contributed by atoms with van der Waals surface area (Å²) in [4.78, 5) is 0. The Bertz CT molecular complexity index is 2850. The van der Waals surface area contributed by atoms with Crippen molar-refractivity contribution in [2.75, 3.05) is 0 Å².